The van der Waals surface area contributed by atoms with E-state index < -0.39 is 0 Å². The Morgan fingerprint density at radius 2 is 1.96 bits per heavy atom. The molecule has 1 unspecified atom stereocenters. The van der Waals surface area contributed by atoms with Crippen molar-refractivity contribution in [2.45, 2.75) is 57.8 Å². The van der Waals surface area contributed by atoms with E-state index in [2.05, 4.69) is 43.4 Å². The highest BCUT2D eigenvalue weighted by molar-refractivity contribution is 8.13. The van der Waals surface area contributed by atoms with Crippen molar-refractivity contribution in [1.82, 2.24) is 4.90 Å². The van der Waals surface area contributed by atoms with E-state index >= 15 is 0 Å². The van der Waals surface area contributed by atoms with E-state index in [4.69, 9.17) is 0 Å². The maximum Gasteiger partial charge on any atom is 0.138 e. The number of rotatable bonds is 8. The molecule has 27 heavy (non-hydrogen) atoms. The molecule has 0 aliphatic carbocycles. The summed E-state index contributed by atoms with van der Waals surface area (Å²) in [5, 5.41) is 3.36. The molecule has 1 aromatic carbocycles. The molecule has 0 saturated carbocycles. The van der Waals surface area contributed by atoms with Crippen LogP contribution in [0.3, 0.4) is 0 Å². The lowest BCUT2D eigenvalue weighted by atomic mass is 9.88. The first-order valence-electron chi connectivity index (χ1n) is 10.1. The first kappa shape index (κ1) is 22.0. The zero-order valence-electron chi connectivity index (χ0n) is 17.6. The van der Waals surface area contributed by atoms with Crippen LogP contribution >= 0.6 is 10.5 Å². The summed E-state index contributed by atoms with van der Waals surface area (Å²) in [6.07, 6.45) is 7.90. The Hall–Kier alpha value is -1.29. The van der Waals surface area contributed by atoms with Gasteiger partial charge < -0.3 is 10.2 Å². The molecule has 0 bridgehead atoms. The Balaban J connectivity index is 1.67. The van der Waals surface area contributed by atoms with Gasteiger partial charge in [-0.3, -0.25) is 0 Å². The number of anilines is 1. The molecule has 1 N–H and O–H groups in total. The van der Waals surface area contributed by atoms with Crippen LogP contribution in [0.1, 0.15) is 52.9 Å². The summed E-state index contributed by atoms with van der Waals surface area (Å²) < 4.78 is 14.0. The van der Waals surface area contributed by atoms with Crippen molar-refractivity contribution in [3.63, 3.8) is 0 Å². The summed E-state index contributed by atoms with van der Waals surface area (Å²) in [5.74, 6) is 4.57. The Bertz CT molecular complexity index is 655. The Morgan fingerprint density at radius 3 is 2.52 bits per heavy atom. The quantitative estimate of drug-likeness (QED) is 0.408. The smallest absolute Gasteiger partial charge is 0.138 e. The standard InChI is InChI=1S/C23H37FN2S/c1-18(17-23(2,3)4)26-14-11-19(12-15-26)8-7-13-25-20-9-10-22(27(5)6)21(24)16-20/h9-10,16,19,25H,1,5,7-8,11-15,17H2,2-4,6H3. The number of nitrogens with one attached hydrogen (secondary N) is 1. The minimum absolute atomic E-state index is 0.149. The molecule has 0 spiro atoms. The molecular weight excluding hydrogens is 355 g/mol. The van der Waals surface area contributed by atoms with Crippen LogP contribution in [0.15, 0.2) is 35.4 Å². The zero-order chi connectivity index (χ0) is 20.0. The third-order valence-corrected chi connectivity index (χ3v) is 6.30. The van der Waals surface area contributed by atoms with E-state index in [0.717, 1.165) is 44.1 Å². The molecule has 152 valence electrons. The van der Waals surface area contributed by atoms with Crippen molar-refractivity contribution in [2.24, 2.45) is 11.3 Å². The first-order chi connectivity index (χ1) is 12.7. The highest BCUT2D eigenvalue weighted by Crippen LogP contribution is 2.30. The maximum atomic E-state index is 14.0. The number of likely N-dealkylation sites (tertiary alicyclic amines) is 1. The lowest BCUT2D eigenvalue weighted by Crippen LogP contribution is -2.34. The van der Waals surface area contributed by atoms with Crippen molar-refractivity contribution in [3.05, 3.63) is 36.3 Å². The van der Waals surface area contributed by atoms with Gasteiger partial charge in [0.25, 0.3) is 0 Å². The van der Waals surface area contributed by atoms with Crippen molar-refractivity contribution in [1.29, 1.82) is 0 Å². The number of hydrogen-bond donors (Lipinski definition) is 1. The van der Waals surface area contributed by atoms with Crippen LogP contribution in [0, 0.1) is 17.2 Å². The Kier molecular flexibility index (Phi) is 7.96. The van der Waals surface area contributed by atoms with Gasteiger partial charge in [0.15, 0.2) is 0 Å². The van der Waals surface area contributed by atoms with E-state index in [1.165, 1.54) is 25.0 Å². The summed E-state index contributed by atoms with van der Waals surface area (Å²) in [4.78, 5) is 3.19. The molecule has 1 aliphatic rings. The Labute approximate surface area is 168 Å². The molecule has 0 amide bonds. The number of hydrogen-bond acceptors (Lipinski definition) is 2. The molecule has 1 heterocycles. The zero-order valence-corrected chi connectivity index (χ0v) is 18.4. The van der Waals surface area contributed by atoms with Gasteiger partial charge in [0.2, 0.25) is 0 Å². The van der Waals surface area contributed by atoms with E-state index in [0.29, 0.717) is 10.3 Å². The fourth-order valence-corrected chi connectivity index (χ4v) is 4.47. The van der Waals surface area contributed by atoms with E-state index in [9.17, 15) is 4.39 Å². The van der Waals surface area contributed by atoms with Gasteiger partial charge in [-0.05, 0) is 67.9 Å². The molecule has 0 aromatic heterocycles. The maximum absolute atomic E-state index is 14.0. The molecule has 4 heteroatoms. The molecule has 0 radical (unpaired) electrons. The van der Waals surface area contributed by atoms with Crippen LogP contribution < -0.4 is 5.32 Å². The van der Waals surface area contributed by atoms with Crippen LogP contribution in [0.5, 0.6) is 0 Å². The normalized spacial score (nSPS) is 17.0. The summed E-state index contributed by atoms with van der Waals surface area (Å²) in [6.45, 7) is 14.3. The lowest BCUT2D eigenvalue weighted by Gasteiger charge is -2.36. The van der Waals surface area contributed by atoms with Crippen LogP contribution in [-0.4, -0.2) is 36.7 Å². The van der Waals surface area contributed by atoms with Crippen LogP contribution in [0.4, 0.5) is 10.1 Å². The van der Waals surface area contributed by atoms with Crippen LogP contribution in [0.25, 0.3) is 0 Å². The minimum atomic E-state index is -0.285. The third kappa shape index (κ3) is 7.33. The minimum Gasteiger partial charge on any atom is -0.385 e. The van der Waals surface area contributed by atoms with Crippen molar-refractivity contribution in [3.8, 4) is 0 Å². The van der Waals surface area contributed by atoms with Crippen LogP contribution in [0.2, 0.25) is 0 Å². The fraction of sp³-hybridized carbons (Fsp3) is 0.609. The molecule has 1 saturated heterocycles. The summed E-state index contributed by atoms with van der Waals surface area (Å²) in [7, 11) is -0.285. The second kappa shape index (κ2) is 9.77. The molecule has 2 rings (SSSR count). The molecule has 2 nitrogen and oxygen atoms in total. The average Bonchev–Trinajstić information content (AvgIpc) is 2.57. The van der Waals surface area contributed by atoms with Gasteiger partial charge in [0, 0.05) is 35.9 Å². The second-order valence-electron chi connectivity index (χ2n) is 9.09. The molecule has 1 fully saturated rings. The molecule has 1 aromatic rings. The van der Waals surface area contributed by atoms with Crippen molar-refractivity contribution >= 4 is 22.0 Å². The molecular formula is C23H37FN2S. The predicted molar refractivity (Wildman–Crippen MR) is 121 cm³/mol. The topological polar surface area (TPSA) is 15.3 Å². The van der Waals surface area contributed by atoms with Gasteiger partial charge in [-0.1, -0.05) is 33.2 Å². The molecule has 1 aliphatic heterocycles. The average molecular weight is 393 g/mol. The van der Waals surface area contributed by atoms with Crippen LogP contribution in [-0.2, 0) is 0 Å². The first-order valence-corrected chi connectivity index (χ1v) is 11.9. The largest absolute Gasteiger partial charge is 0.385 e. The lowest BCUT2D eigenvalue weighted by molar-refractivity contribution is 0.201. The number of piperidine rings is 1. The van der Waals surface area contributed by atoms with E-state index in [1.807, 2.05) is 18.4 Å². The number of halogens is 1. The number of benzene rings is 1. The van der Waals surface area contributed by atoms with Gasteiger partial charge in [-0.15, -0.1) is 0 Å². The number of allylic oxidation sites excluding steroid dienone is 1. The van der Waals surface area contributed by atoms with Gasteiger partial charge in [-0.25, -0.2) is 4.39 Å². The van der Waals surface area contributed by atoms with Gasteiger partial charge in [-0.2, -0.15) is 10.5 Å². The predicted octanol–water partition coefficient (Wildman–Crippen LogP) is 6.37. The number of nitrogens with zero attached hydrogens (tertiary/aromatic N) is 1. The van der Waals surface area contributed by atoms with Gasteiger partial charge >= 0.3 is 0 Å². The second-order valence-corrected chi connectivity index (χ2v) is 10.8. The third-order valence-electron chi connectivity index (χ3n) is 5.22. The van der Waals surface area contributed by atoms with E-state index in [1.54, 1.807) is 6.07 Å². The highest BCUT2D eigenvalue weighted by Gasteiger charge is 2.22. The van der Waals surface area contributed by atoms with Crippen molar-refractivity contribution < 1.29 is 4.39 Å². The SMILES string of the molecule is C=C(CC(C)(C)C)N1CCC(CCCNc2ccc(S(=C)C)c(F)c2)CC1. The van der Waals surface area contributed by atoms with Crippen molar-refractivity contribution in [2.75, 3.05) is 31.2 Å². The highest BCUT2D eigenvalue weighted by atomic mass is 32.2. The van der Waals surface area contributed by atoms with Gasteiger partial charge in [0.05, 0.1) is 0 Å². The summed E-state index contributed by atoms with van der Waals surface area (Å²) in [6, 6.07) is 5.42. The fourth-order valence-electron chi connectivity index (χ4n) is 3.78. The monoisotopic (exact) mass is 392 g/mol. The van der Waals surface area contributed by atoms with Gasteiger partial charge in [0.1, 0.15) is 5.82 Å². The molecule has 1 atom stereocenters. The summed E-state index contributed by atoms with van der Waals surface area (Å²) in [5.41, 5.74) is 2.48. The summed E-state index contributed by atoms with van der Waals surface area (Å²) >= 11 is 0. The van der Waals surface area contributed by atoms with E-state index in [-0.39, 0.29) is 16.3 Å². The Morgan fingerprint density at radius 1 is 1.30 bits per heavy atom.